The van der Waals surface area contributed by atoms with E-state index >= 15 is 0 Å². The lowest BCUT2D eigenvalue weighted by Crippen LogP contribution is -2.31. The van der Waals surface area contributed by atoms with Crippen LogP contribution in [0, 0.1) is 10.1 Å². The van der Waals surface area contributed by atoms with E-state index in [2.05, 4.69) is 5.32 Å². The molecule has 8 nitrogen and oxygen atoms in total. The Kier molecular flexibility index (Phi) is 6.73. The van der Waals surface area contributed by atoms with Gasteiger partial charge >= 0.3 is 5.97 Å². The third kappa shape index (κ3) is 5.42. The number of carbonyl (C=O) groups excluding carboxylic acids is 2. The molecule has 0 unspecified atom stereocenters. The molecule has 142 valence electrons. The molecule has 0 fully saturated rings. The van der Waals surface area contributed by atoms with Crippen LogP contribution in [0.1, 0.15) is 28.9 Å². The van der Waals surface area contributed by atoms with Crippen LogP contribution in [0.5, 0.6) is 5.75 Å². The van der Waals surface area contributed by atoms with Crippen LogP contribution < -0.4 is 10.1 Å². The number of nitro groups is 1. The summed E-state index contributed by atoms with van der Waals surface area (Å²) >= 11 is 5.82. The van der Waals surface area contributed by atoms with Gasteiger partial charge in [0, 0.05) is 17.2 Å². The number of hydrogen-bond acceptors (Lipinski definition) is 6. The first kappa shape index (κ1) is 20.2. The van der Waals surface area contributed by atoms with Crippen molar-refractivity contribution >= 4 is 29.2 Å². The first-order chi connectivity index (χ1) is 12.8. The normalized spacial score (nSPS) is 11.4. The molecule has 0 saturated heterocycles. The largest absolute Gasteiger partial charge is 0.496 e. The summed E-state index contributed by atoms with van der Waals surface area (Å²) in [7, 11) is 1.32. The van der Waals surface area contributed by atoms with Gasteiger partial charge in [-0.1, -0.05) is 23.7 Å². The number of ether oxygens (including phenoxy) is 2. The lowest BCUT2D eigenvalue weighted by atomic mass is 10.1. The molecule has 0 aliphatic rings. The number of halogens is 1. The van der Waals surface area contributed by atoms with E-state index in [1.165, 1.54) is 19.2 Å². The van der Waals surface area contributed by atoms with Gasteiger partial charge in [-0.2, -0.15) is 0 Å². The molecule has 0 aliphatic carbocycles. The fourth-order valence-corrected chi connectivity index (χ4v) is 2.42. The Morgan fingerprint density at radius 2 is 1.89 bits per heavy atom. The Balaban J connectivity index is 1.98. The third-order valence-corrected chi connectivity index (χ3v) is 3.95. The van der Waals surface area contributed by atoms with Gasteiger partial charge in [-0.3, -0.25) is 14.9 Å². The first-order valence-corrected chi connectivity index (χ1v) is 8.24. The van der Waals surface area contributed by atoms with Crippen LogP contribution in [0.4, 0.5) is 5.69 Å². The van der Waals surface area contributed by atoms with Crippen LogP contribution in [0.15, 0.2) is 42.5 Å². The number of carbonyl (C=O) groups is 2. The Labute approximate surface area is 160 Å². The van der Waals surface area contributed by atoms with E-state index in [1.807, 2.05) is 0 Å². The number of nitro benzene ring substituents is 1. The maximum atomic E-state index is 12.2. The molecular formula is C18H17ClN2O6. The smallest absolute Gasteiger partial charge is 0.342 e. The molecule has 27 heavy (non-hydrogen) atoms. The van der Waals surface area contributed by atoms with Crippen molar-refractivity contribution in [2.75, 3.05) is 13.7 Å². The van der Waals surface area contributed by atoms with E-state index in [0.29, 0.717) is 5.02 Å². The first-order valence-electron chi connectivity index (χ1n) is 7.86. The van der Waals surface area contributed by atoms with Crippen LogP contribution in [0.2, 0.25) is 5.02 Å². The molecule has 2 aromatic rings. The maximum Gasteiger partial charge on any atom is 0.342 e. The molecule has 0 saturated carbocycles. The van der Waals surface area contributed by atoms with Crippen molar-refractivity contribution in [1.29, 1.82) is 0 Å². The van der Waals surface area contributed by atoms with Gasteiger partial charge < -0.3 is 14.8 Å². The summed E-state index contributed by atoms with van der Waals surface area (Å²) in [4.78, 5) is 34.4. The second kappa shape index (κ2) is 9.00. The number of benzene rings is 2. The predicted molar refractivity (Wildman–Crippen MR) is 97.9 cm³/mol. The van der Waals surface area contributed by atoms with Gasteiger partial charge in [0.1, 0.15) is 11.3 Å². The van der Waals surface area contributed by atoms with E-state index in [9.17, 15) is 19.7 Å². The van der Waals surface area contributed by atoms with Crippen molar-refractivity contribution in [2.45, 2.75) is 13.0 Å². The van der Waals surface area contributed by atoms with Gasteiger partial charge in [0.25, 0.3) is 11.6 Å². The maximum absolute atomic E-state index is 12.2. The average molecular weight is 393 g/mol. The van der Waals surface area contributed by atoms with E-state index < -0.39 is 23.4 Å². The Morgan fingerprint density at radius 3 is 2.48 bits per heavy atom. The molecule has 1 N–H and O–H groups in total. The van der Waals surface area contributed by atoms with Crippen LogP contribution in [-0.2, 0) is 9.53 Å². The number of nitrogens with one attached hydrogen (secondary N) is 1. The molecule has 1 atom stereocenters. The van der Waals surface area contributed by atoms with Crippen LogP contribution >= 0.6 is 11.6 Å². The summed E-state index contributed by atoms with van der Waals surface area (Å²) in [5.74, 6) is -1.31. The van der Waals surface area contributed by atoms with Crippen molar-refractivity contribution in [2.24, 2.45) is 0 Å². The number of amides is 1. The zero-order valence-corrected chi connectivity index (χ0v) is 15.4. The van der Waals surface area contributed by atoms with Gasteiger partial charge in [0.05, 0.1) is 18.1 Å². The third-order valence-electron chi connectivity index (χ3n) is 3.70. The highest BCUT2D eigenvalue weighted by molar-refractivity contribution is 6.30. The van der Waals surface area contributed by atoms with Crippen molar-refractivity contribution in [1.82, 2.24) is 5.32 Å². The minimum atomic E-state index is -0.898. The molecule has 2 rings (SSSR count). The SMILES string of the molecule is COc1ccc([N+](=O)[O-])cc1C(=O)OCC(=O)N[C@@H](C)c1ccc(Cl)cc1. The number of esters is 1. The standard InChI is InChI=1S/C18H17ClN2O6/c1-11(12-3-5-13(19)6-4-12)20-17(22)10-27-18(23)15-9-14(21(24)25)7-8-16(15)26-2/h3-9,11H,10H2,1-2H3,(H,20,22)/t11-/m0/s1. The van der Waals surface area contributed by atoms with Gasteiger partial charge in [-0.25, -0.2) is 4.79 Å². The molecule has 0 aliphatic heterocycles. The van der Waals surface area contributed by atoms with E-state index in [4.69, 9.17) is 21.1 Å². The lowest BCUT2D eigenvalue weighted by molar-refractivity contribution is -0.384. The van der Waals surface area contributed by atoms with Crippen LogP contribution in [0.25, 0.3) is 0 Å². The molecule has 9 heteroatoms. The summed E-state index contributed by atoms with van der Waals surface area (Å²) in [6.07, 6.45) is 0. The number of hydrogen-bond donors (Lipinski definition) is 1. The average Bonchev–Trinajstić information content (AvgIpc) is 2.65. The summed E-state index contributed by atoms with van der Waals surface area (Å²) in [5, 5.41) is 14.1. The lowest BCUT2D eigenvalue weighted by Gasteiger charge is -2.15. The minimum Gasteiger partial charge on any atom is -0.496 e. The van der Waals surface area contributed by atoms with Crippen molar-refractivity contribution in [3.8, 4) is 5.75 Å². The summed E-state index contributed by atoms with van der Waals surface area (Å²) in [6.45, 7) is 1.23. The van der Waals surface area contributed by atoms with Gasteiger partial charge in [-0.15, -0.1) is 0 Å². The zero-order valence-electron chi connectivity index (χ0n) is 14.6. The Morgan fingerprint density at radius 1 is 1.22 bits per heavy atom. The number of nitrogens with zero attached hydrogens (tertiary/aromatic N) is 1. The number of methoxy groups -OCH3 is 1. The van der Waals surface area contributed by atoms with Crippen molar-refractivity contribution < 1.29 is 24.0 Å². The number of rotatable bonds is 7. The summed E-state index contributed by atoms with van der Waals surface area (Å²) in [5.41, 5.74) is 0.410. The quantitative estimate of drug-likeness (QED) is 0.440. The van der Waals surface area contributed by atoms with Gasteiger partial charge in [-0.05, 0) is 30.7 Å². The molecule has 0 radical (unpaired) electrons. The van der Waals surface area contributed by atoms with Crippen molar-refractivity contribution in [3.63, 3.8) is 0 Å². The van der Waals surface area contributed by atoms with Crippen LogP contribution in [0.3, 0.4) is 0 Å². The molecule has 0 aromatic heterocycles. The van der Waals surface area contributed by atoms with Gasteiger partial charge in [0.2, 0.25) is 0 Å². The van der Waals surface area contributed by atoms with Crippen molar-refractivity contribution in [3.05, 3.63) is 68.7 Å². The molecule has 0 heterocycles. The van der Waals surface area contributed by atoms with Gasteiger partial charge in [0.15, 0.2) is 6.61 Å². The molecule has 0 spiro atoms. The molecular weight excluding hydrogens is 376 g/mol. The topological polar surface area (TPSA) is 108 Å². The fourth-order valence-electron chi connectivity index (χ4n) is 2.30. The Hall–Kier alpha value is -3.13. The Bertz CT molecular complexity index is 853. The second-order valence-corrected chi connectivity index (χ2v) is 6.00. The molecule has 0 bridgehead atoms. The van der Waals surface area contributed by atoms with E-state index in [1.54, 1.807) is 31.2 Å². The highest BCUT2D eigenvalue weighted by atomic mass is 35.5. The zero-order chi connectivity index (χ0) is 20.0. The van der Waals surface area contributed by atoms with Crippen LogP contribution in [-0.4, -0.2) is 30.5 Å². The second-order valence-electron chi connectivity index (χ2n) is 5.56. The summed E-state index contributed by atoms with van der Waals surface area (Å²) in [6, 6.07) is 10.2. The molecule has 2 aromatic carbocycles. The highest BCUT2D eigenvalue weighted by Crippen LogP contribution is 2.24. The number of non-ortho nitro benzene ring substituents is 1. The fraction of sp³-hybridized carbons (Fsp3) is 0.222. The highest BCUT2D eigenvalue weighted by Gasteiger charge is 2.20. The molecule has 1 amide bonds. The van der Waals surface area contributed by atoms with E-state index in [0.717, 1.165) is 11.6 Å². The minimum absolute atomic E-state index is 0.112. The monoisotopic (exact) mass is 392 g/mol. The summed E-state index contributed by atoms with van der Waals surface area (Å²) < 4.78 is 9.95. The predicted octanol–water partition coefficient (Wildman–Crippen LogP) is 3.29. The van der Waals surface area contributed by atoms with E-state index in [-0.39, 0.29) is 23.0 Å².